The Morgan fingerprint density at radius 1 is 1.24 bits per heavy atom. The summed E-state index contributed by atoms with van der Waals surface area (Å²) in [6, 6.07) is 9.40. The van der Waals surface area contributed by atoms with Gasteiger partial charge in [0.15, 0.2) is 0 Å². The van der Waals surface area contributed by atoms with Crippen molar-refractivity contribution in [2.45, 2.75) is 32.6 Å². The number of hydrogen-bond donors (Lipinski definition) is 1. The summed E-state index contributed by atoms with van der Waals surface area (Å²) in [7, 11) is 1.70. The average Bonchev–Trinajstić information content (AvgIpc) is 3.52. The van der Waals surface area contributed by atoms with E-state index < -0.39 is 0 Å². The molecule has 1 aliphatic rings. The van der Waals surface area contributed by atoms with Gasteiger partial charge < -0.3 is 9.47 Å². The third-order valence-electron chi connectivity index (χ3n) is 5.32. The van der Waals surface area contributed by atoms with Gasteiger partial charge in [-0.05, 0) is 55.0 Å². The Morgan fingerprint density at radius 2 is 2.10 bits per heavy atom. The van der Waals surface area contributed by atoms with E-state index in [-0.39, 0.29) is 5.56 Å². The summed E-state index contributed by atoms with van der Waals surface area (Å²) in [4.78, 5) is 20.0. The molecular formula is C22H24N4O3. The minimum Gasteiger partial charge on any atom is -0.497 e. The van der Waals surface area contributed by atoms with E-state index >= 15 is 0 Å². The van der Waals surface area contributed by atoms with Crippen molar-refractivity contribution < 1.29 is 9.47 Å². The number of rotatable bonds is 7. The van der Waals surface area contributed by atoms with Crippen LogP contribution in [0.1, 0.15) is 36.2 Å². The average molecular weight is 392 g/mol. The van der Waals surface area contributed by atoms with Crippen LogP contribution in [0.4, 0.5) is 0 Å². The summed E-state index contributed by atoms with van der Waals surface area (Å²) in [6.45, 7) is 4.56. The minimum absolute atomic E-state index is 0.253. The van der Waals surface area contributed by atoms with Crippen LogP contribution in [0, 0.1) is 12.8 Å². The van der Waals surface area contributed by atoms with Gasteiger partial charge in [-0.25, -0.2) is 10.1 Å². The first kappa shape index (κ1) is 19.1. The Hall–Kier alpha value is -3.22. The third kappa shape index (κ3) is 4.13. The minimum atomic E-state index is -0.253. The lowest BCUT2D eigenvalue weighted by Crippen LogP contribution is -2.08. The molecule has 0 saturated heterocycles. The van der Waals surface area contributed by atoms with Crippen LogP contribution < -0.4 is 15.0 Å². The van der Waals surface area contributed by atoms with Crippen LogP contribution in [0.5, 0.6) is 11.6 Å². The lowest BCUT2D eigenvalue weighted by molar-refractivity contribution is 0.286. The number of aromatic nitrogens is 4. The van der Waals surface area contributed by atoms with E-state index in [1.807, 2.05) is 13.0 Å². The first-order valence-corrected chi connectivity index (χ1v) is 9.78. The van der Waals surface area contributed by atoms with Gasteiger partial charge in [-0.2, -0.15) is 10.1 Å². The topological polar surface area (TPSA) is 90.0 Å². The number of aromatic amines is 1. The van der Waals surface area contributed by atoms with Crippen LogP contribution in [-0.4, -0.2) is 33.9 Å². The van der Waals surface area contributed by atoms with Gasteiger partial charge in [0.2, 0.25) is 5.88 Å². The smallest absolute Gasteiger partial charge is 0.264 e. The van der Waals surface area contributed by atoms with Crippen molar-refractivity contribution in [2.75, 3.05) is 13.7 Å². The molecule has 1 N–H and O–H groups in total. The Labute approximate surface area is 169 Å². The maximum Gasteiger partial charge on any atom is 0.264 e. The second kappa shape index (κ2) is 8.03. The lowest BCUT2D eigenvalue weighted by atomic mass is 10.00. The molecule has 1 fully saturated rings. The first-order valence-electron chi connectivity index (χ1n) is 9.78. The molecule has 1 aliphatic carbocycles. The van der Waals surface area contributed by atoms with Crippen LogP contribution in [0.15, 0.2) is 41.3 Å². The molecule has 2 aromatic heterocycles. The van der Waals surface area contributed by atoms with E-state index in [1.54, 1.807) is 19.4 Å². The number of aryl methyl sites for hydroxylation is 2. The van der Waals surface area contributed by atoms with Crippen molar-refractivity contribution in [2.24, 2.45) is 5.92 Å². The molecule has 150 valence electrons. The first-order chi connectivity index (χ1) is 14.1. The Balaban J connectivity index is 1.49. The van der Waals surface area contributed by atoms with E-state index in [1.165, 1.54) is 17.2 Å². The second-order valence-corrected chi connectivity index (χ2v) is 7.27. The zero-order chi connectivity index (χ0) is 20.4. The van der Waals surface area contributed by atoms with Gasteiger partial charge in [0, 0.05) is 18.2 Å². The van der Waals surface area contributed by atoms with Gasteiger partial charge in [0.25, 0.3) is 5.56 Å². The standard InChI is InChI=1S/C22H24N4O3/c1-4-14-9-16(28-3)5-6-17(14)18-10-15(18)12-29-22-19(11-23-13(2)24-22)20-7-8-21(27)26-25-20/h5-9,11,15,18H,4,10,12H2,1-3H3,(H,26,27). The molecular weight excluding hydrogens is 368 g/mol. The molecule has 7 nitrogen and oxygen atoms in total. The Morgan fingerprint density at radius 3 is 2.83 bits per heavy atom. The van der Waals surface area contributed by atoms with Crippen LogP contribution in [0.25, 0.3) is 11.3 Å². The molecule has 1 aromatic carbocycles. The predicted molar refractivity (Wildman–Crippen MR) is 109 cm³/mol. The lowest BCUT2D eigenvalue weighted by Gasteiger charge is -2.12. The Kier molecular flexibility index (Phi) is 5.29. The van der Waals surface area contributed by atoms with E-state index in [9.17, 15) is 4.79 Å². The highest BCUT2D eigenvalue weighted by Gasteiger charge is 2.40. The molecule has 4 rings (SSSR count). The number of hydrogen-bond acceptors (Lipinski definition) is 6. The summed E-state index contributed by atoms with van der Waals surface area (Å²) < 4.78 is 11.4. The number of methoxy groups -OCH3 is 1. The van der Waals surface area contributed by atoms with Gasteiger partial charge in [-0.15, -0.1) is 0 Å². The highest BCUT2D eigenvalue weighted by atomic mass is 16.5. The molecule has 7 heteroatoms. The van der Waals surface area contributed by atoms with Crippen molar-refractivity contribution in [1.82, 2.24) is 20.2 Å². The van der Waals surface area contributed by atoms with Gasteiger partial charge >= 0.3 is 0 Å². The monoisotopic (exact) mass is 392 g/mol. The van der Waals surface area contributed by atoms with Crippen LogP contribution in [0.2, 0.25) is 0 Å². The zero-order valence-electron chi connectivity index (χ0n) is 16.8. The molecule has 2 heterocycles. The molecule has 2 atom stereocenters. The van der Waals surface area contributed by atoms with Crippen molar-refractivity contribution in [3.8, 4) is 22.9 Å². The fraction of sp³-hybridized carbons (Fsp3) is 0.364. The summed E-state index contributed by atoms with van der Waals surface area (Å²) in [5, 5.41) is 6.51. The maximum atomic E-state index is 11.3. The number of nitrogens with zero attached hydrogens (tertiary/aromatic N) is 3. The van der Waals surface area contributed by atoms with Crippen molar-refractivity contribution >= 4 is 0 Å². The quantitative estimate of drug-likeness (QED) is 0.664. The fourth-order valence-electron chi connectivity index (χ4n) is 3.61. The fourth-order valence-corrected chi connectivity index (χ4v) is 3.61. The third-order valence-corrected chi connectivity index (χ3v) is 5.32. The Bertz CT molecular complexity index is 1060. The SMILES string of the molecule is CCc1cc(OC)ccc1C1CC1COc1nc(C)ncc1-c1ccc(=O)[nH]n1. The molecule has 0 aliphatic heterocycles. The largest absolute Gasteiger partial charge is 0.497 e. The molecule has 0 radical (unpaired) electrons. The molecule has 1 saturated carbocycles. The molecule has 0 amide bonds. The van der Waals surface area contributed by atoms with E-state index in [0.717, 1.165) is 18.6 Å². The zero-order valence-corrected chi connectivity index (χ0v) is 16.8. The highest BCUT2D eigenvalue weighted by Crippen LogP contribution is 2.49. The summed E-state index contributed by atoms with van der Waals surface area (Å²) in [6.07, 6.45) is 3.75. The normalized spacial score (nSPS) is 17.8. The van der Waals surface area contributed by atoms with E-state index in [4.69, 9.17) is 9.47 Å². The number of H-pyrrole nitrogens is 1. The molecule has 2 unspecified atom stereocenters. The van der Waals surface area contributed by atoms with E-state index in [2.05, 4.69) is 39.2 Å². The van der Waals surface area contributed by atoms with Crippen LogP contribution in [0.3, 0.4) is 0 Å². The highest BCUT2D eigenvalue weighted by molar-refractivity contribution is 5.63. The van der Waals surface area contributed by atoms with Crippen LogP contribution >= 0.6 is 0 Å². The van der Waals surface area contributed by atoms with Gasteiger partial charge in [-0.3, -0.25) is 4.79 Å². The molecule has 0 bridgehead atoms. The van der Waals surface area contributed by atoms with E-state index in [0.29, 0.717) is 41.4 Å². The maximum absolute atomic E-state index is 11.3. The number of ether oxygens (including phenoxy) is 2. The molecule has 3 aromatic rings. The van der Waals surface area contributed by atoms with Crippen molar-refractivity contribution in [3.05, 3.63) is 63.8 Å². The summed E-state index contributed by atoms with van der Waals surface area (Å²) in [5.74, 6) is 2.96. The number of nitrogens with one attached hydrogen (secondary N) is 1. The summed E-state index contributed by atoms with van der Waals surface area (Å²) in [5.41, 5.74) is 3.70. The molecule has 0 spiro atoms. The van der Waals surface area contributed by atoms with Crippen molar-refractivity contribution in [3.63, 3.8) is 0 Å². The predicted octanol–water partition coefficient (Wildman–Crippen LogP) is 3.29. The summed E-state index contributed by atoms with van der Waals surface area (Å²) >= 11 is 0. The van der Waals surface area contributed by atoms with Gasteiger partial charge in [-0.1, -0.05) is 13.0 Å². The van der Waals surface area contributed by atoms with Gasteiger partial charge in [0.05, 0.1) is 25.0 Å². The van der Waals surface area contributed by atoms with Crippen LogP contribution in [-0.2, 0) is 6.42 Å². The number of benzene rings is 1. The second-order valence-electron chi connectivity index (χ2n) is 7.27. The molecule has 29 heavy (non-hydrogen) atoms. The van der Waals surface area contributed by atoms with Gasteiger partial charge in [0.1, 0.15) is 11.6 Å². The van der Waals surface area contributed by atoms with Crippen molar-refractivity contribution in [1.29, 1.82) is 0 Å².